The van der Waals surface area contributed by atoms with Crippen LogP contribution in [-0.4, -0.2) is 51.6 Å². The van der Waals surface area contributed by atoms with Gasteiger partial charge in [-0.1, -0.05) is 12.1 Å². The SMILES string of the molecule is CC(O[C@H]1C[C@@H](O)[C@H](O)[C@@H](CO)O1)c1ccc(O)cc1. The fraction of sp³-hybridized carbons (Fsp3) is 0.571. The minimum atomic E-state index is -1.11. The van der Waals surface area contributed by atoms with E-state index in [1.165, 1.54) is 0 Å². The molecule has 1 saturated heterocycles. The number of phenols is 1. The summed E-state index contributed by atoms with van der Waals surface area (Å²) in [6.07, 6.45) is -3.81. The van der Waals surface area contributed by atoms with Crippen molar-refractivity contribution >= 4 is 0 Å². The van der Waals surface area contributed by atoms with Crippen molar-refractivity contribution in [2.45, 2.75) is 44.1 Å². The Balaban J connectivity index is 1.97. The first kappa shape index (κ1) is 15.2. The van der Waals surface area contributed by atoms with Gasteiger partial charge in [0.1, 0.15) is 18.0 Å². The van der Waals surface area contributed by atoms with E-state index in [4.69, 9.17) is 14.6 Å². The van der Waals surface area contributed by atoms with Crippen LogP contribution in [0.5, 0.6) is 5.75 Å². The van der Waals surface area contributed by atoms with E-state index in [2.05, 4.69) is 0 Å². The molecule has 0 spiro atoms. The number of hydrogen-bond acceptors (Lipinski definition) is 6. The van der Waals surface area contributed by atoms with Crippen LogP contribution in [0.1, 0.15) is 25.0 Å². The summed E-state index contributed by atoms with van der Waals surface area (Å²) in [4.78, 5) is 0. The van der Waals surface area contributed by atoms with Gasteiger partial charge in [0.25, 0.3) is 0 Å². The molecule has 112 valence electrons. The van der Waals surface area contributed by atoms with Crippen LogP contribution in [0.2, 0.25) is 0 Å². The second-order valence-corrected chi connectivity index (χ2v) is 4.95. The lowest BCUT2D eigenvalue weighted by molar-refractivity contribution is -0.268. The molecule has 2 rings (SSSR count). The summed E-state index contributed by atoms with van der Waals surface area (Å²) in [6.45, 7) is 1.44. The molecule has 1 fully saturated rings. The Bertz CT molecular complexity index is 420. The average Bonchev–Trinajstić information content (AvgIpc) is 2.43. The molecule has 6 heteroatoms. The van der Waals surface area contributed by atoms with Crippen LogP contribution >= 0.6 is 0 Å². The highest BCUT2D eigenvalue weighted by molar-refractivity contribution is 5.27. The summed E-state index contributed by atoms with van der Waals surface area (Å²) in [5.41, 5.74) is 0.854. The van der Waals surface area contributed by atoms with E-state index in [0.29, 0.717) is 0 Å². The molecular formula is C14H20O6. The standard InChI is InChI=1S/C14H20O6/c1-8(9-2-4-10(16)5-3-9)19-13-6-11(17)14(18)12(7-15)20-13/h2-5,8,11-18H,6-7H2,1H3/t8?,11-,12-,13-,14+/m1/s1. The van der Waals surface area contributed by atoms with E-state index < -0.39 is 24.6 Å². The molecule has 1 aromatic carbocycles. The van der Waals surface area contributed by atoms with Crippen LogP contribution in [0.15, 0.2) is 24.3 Å². The van der Waals surface area contributed by atoms with E-state index in [1.54, 1.807) is 24.3 Å². The Morgan fingerprint density at radius 2 is 1.95 bits per heavy atom. The predicted molar refractivity (Wildman–Crippen MR) is 70.0 cm³/mol. The maximum atomic E-state index is 9.72. The van der Waals surface area contributed by atoms with Crippen LogP contribution in [-0.2, 0) is 9.47 Å². The number of ether oxygens (including phenoxy) is 2. The van der Waals surface area contributed by atoms with E-state index >= 15 is 0 Å². The van der Waals surface area contributed by atoms with E-state index in [1.807, 2.05) is 6.92 Å². The Kier molecular flexibility index (Phi) is 4.95. The third-order valence-electron chi connectivity index (χ3n) is 3.43. The molecule has 0 aliphatic carbocycles. The molecule has 1 unspecified atom stereocenters. The first-order valence-corrected chi connectivity index (χ1v) is 6.58. The van der Waals surface area contributed by atoms with Gasteiger partial charge in [0.05, 0.1) is 18.8 Å². The lowest BCUT2D eigenvalue weighted by Gasteiger charge is -2.37. The third-order valence-corrected chi connectivity index (χ3v) is 3.43. The molecular weight excluding hydrogens is 264 g/mol. The maximum absolute atomic E-state index is 9.72. The van der Waals surface area contributed by atoms with Crippen molar-refractivity contribution in [1.29, 1.82) is 0 Å². The summed E-state index contributed by atoms with van der Waals surface area (Å²) in [7, 11) is 0. The van der Waals surface area contributed by atoms with Gasteiger partial charge in [0, 0.05) is 6.42 Å². The molecule has 1 aromatic rings. The fourth-order valence-corrected chi connectivity index (χ4v) is 2.21. The van der Waals surface area contributed by atoms with Crippen molar-refractivity contribution in [2.24, 2.45) is 0 Å². The number of aliphatic hydroxyl groups is 3. The first-order valence-electron chi connectivity index (χ1n) is 6.58. The summed E-state index contributed by atoms with van der Waals surface area (Å²) < 4.78 is 11.1. The number of hydrogen-bond donors (Lipinski definition) is 4. The number of benzene rings is 1. The number of rotatable bonds is 4. The smallest absolute Gasteiger partial charge is 0.161 e. The second kappa shape index (κ2) is 6.51. The van der Waals surface area contributed by atoms with E-state index in [-0.39, 0.29) is 24.9 Å². The molecule has 0 bridgehead atoms. The number of aliphatic hydroxyl groups excluding tert-OH is 3. The first-order chi connectivity index (χ1) is 9.51. The molecule has 4 N–H and O–H groups in total. The maximum Gasteiger partial charge on any atom is 0.161 e. The summed E-state index contributed by atoms with van der Waals surface area (Å²) in [5.74, 6) is 0.175. The highest BCUT2D eigenvalue weighted by Crippen LogP contribution is 2.27. The van der Waals surface area contributed by atoms with Gasteiger partial charge in [-0.3, -0.25) is 0 Å². The number of aromatic hydroxyl groups is 1. The summed E-state index contributed by atoms with van der Waals surface area (Å²) in [6, 6.07) is 6.59. The van der Waals surface area contributed by atoms with Gasteiger partial charge in [-0.2, -0.15) is 0 Å². The van der Waals surface area contributed by atoms with Crippen LogP contribution in [0, 0.1) is 0 Å². The minimum absolute atomic E-state index is 0.139. The van der Waals surface area contributed by atoms with Crippen LogP contribution in [0.25, 0.3) is 0 Å². The van der Waals surface area contributed by atoms with Crippen molar-refractivity contribution in [1.82, 2.24) is 0 Å². The van der Waals surface area contributed by atoms with Crippen LogP contribution in [0.4, 0.5) is 0 Å². The molecule has 1 aliphatic rings. The molecule has 0 saturated carbocycles. The van der Waals surface area contributed by atoms with Crippen LogP contribution in [0.3, 0.4) is 0 Å². The van der Waals surface area contributed by atoms with Crippen molar-refractivity contribution < 1.29 is 29.9 Å². The molecule has 20 heavy (non-hydrogen) atoms. The largest absolute Gasteiger partial charge is 0.508 e. The molecule has 0 aromatic heterocycles. The van der Waals surface area contributed by atoms with Gasteiger partial charge < -0.3 is 29.9 Å². The molecule has 1 heterocycles. The highest BCUT2D eigenvalue weighted by atomic mass is 16.7. The van der Waals surface area contributed by atoms with Crippen molar-refractivity contribution in [3.63, 3.8) is 0 Å². The van der Waals surface area contributed by atoms with Gasteiger partial charge in [-0.25, -0.2) is 0 Å². The minimum Gasteiger partial charge on any atom is -0.508 e. The topological polar surface area (TPSA) is 99.4 Å². The zero-order valence-electron chi connectivity index (χ0n) is 11.2. The van der Waals surface area contributed by atoms with Gasteiger partial charge in [0.2, 0.25) is 0 Å². The van der Waals surface area contributed by atoms with Gasteiger partial charge in [0.15, 0.2) is 6.29 Å². The molecule has 0 amide bonds. The molecule has 6 nitrogen and oxygen atoms in total. The fourth-order valence-electron chi connectivity index (χ4n) is 2.21. The van der Waals surface area contributed by atoms with Gasteiger partial charge >= 0.3 is 0 Å². The van der Waals surface area contributed by atoms with Crippen LogP contribution < -0.4 is 0 Å². The van der Waals surface area contributed by atoms with Crippen molar-refractivity contribution in [3.05, 3.63) is 29.8 Å². The van der Waals surface area contributed by atoms with Gasteiger partial charge in [-0.05, 0) is 24.6 Å². The Hall–Kier alpha value is -1.18. The Labute approximate surface area is 117 Å². The molecule has 1 aliphatic heterocycles. The molecule has 5 atom stereocenters. The van der Waals surface area contributed by atoms with E-state index in [0.717, 1.165) is 5.56 Å². The summed E-state index contributed by atoms with van der Waals surface area (Å²) >= 11 is 0. The Morgan fingerprint density at radius 1 is 1.30 bits per heavy atom. The third kappa shape index (κ3) is 3.47. The lowest BCUT2D eigenvalue weighted by atomic mass is 10.0. The van der Waals surface area contributed by atoms with Crippen molar-refractivity contribution in [2.75, 3.05) is 6.61 Å². The highest BCUT2D eigenvalue weighted by Gasteiger charge is 2.37. The number of phenolic OH excluding ortho intramolecular Hbond substituents is 1. The summed E-state index contributed by atoms with van der Waals surface area (Å²) in [5, 5.41) is 37.7. The average molecular weight is 284 g/mol. The van der Waals surface area contributed by atoms with Crippen molar-refractivity contribution in [3.8, 4) is 5.75 Å². The van der Waals surface area contributed by atoms with E-state index in [9.17, 15) is 15.3 Å². The lowest BCUT2D eigenvalue weighted by Crippen LogP contribution is -2.50. The zero-order chi connectivity index (χ0) is 14.7. The normalized spacial score (nSPS) is 32.0. The Morgan fingerprint density at radius 3 is 2.55 bits per heavy atom. The second-order valence-electron chi connectivity index (χ2n) is 4.95. The molecule has 0 radical (unpaired) electrons. The zero-order valence-corrected chi connectivity index (χ0v) is 11.2. The predicted octanol–water partition coefficient (Wildman–Crippen LogP) is 0.299. The monoisotopic (exact) mass is 284 g/mol. The van der Waals surface area contributed by atoms with Gasteiger partial charge in [-0.15, -0.1) is 0 Å². The quantitative estimate of drug-likeness (QED) is 0.634.